The molecule has 0 aliphatic rings. The van der Waals surface area contributed by atoms with Crippen molar-refractivity contribution in [3.63, 3.8) is 0 Å². The molecular weight excluding hydrogens is 198 g/mol. The molecule has 2 heteroatoms. The monoisotopic (exact) mass is 221 g/mol. The minimum atomic E-state index is 0.375. The fourth-order valence-electron chi connectivity index (χ4n) is 1.97. The van der Waals surface area contributed by atoms with Crippen molar-refractivity contribution in [1.29, 1.82) is 0 Å². The van der Waals surface area contributed by atoms with Gasteiger partial charge in [-0.2, -0.15) is 0 Å². The van der Waals surface area contributed by atoms with Gasteiger partial charge >= 0.3 is 0 Å². The van der Waals surface area contributed by atoms with Crippen LogP contribution in [-0.2, 0) is 12.8 Å². The highest BCUT2D eigenvalue weighted by atomic mass is 16.3. The number of rotatable bonds is 6. The maximum atomic E-state index is 9.92. The summed E-state index contributed by atoms with van der Waals surface area (Å²) in [5, 5.41) is 9.92. The quantitative estimate of drug-likeness (QED) is 0.720. The lowest BCUT2D eigenvalue weighted by molar-refractivity contribution is 0.466. The van der Waals surface area contributed by atoms with Crippen LogP contribution < -0.4 is 5.73 Å². The normalized spacial score (nSPS) is 10.6. The van der Waals surface area contributed by atoms with Gasteiger partial charge in [-0.15, -0.1) is 0 Å². The number of phenolic OH excluding ortho intramolecular Hbond substituents is 1. The van der Waals surface area contributed by atoms with E-state index in [-0.39, 0.29) is 0 Å². The third-order valence-electron chi connectivity index (χ3n) is 2.92. The van der Waals surface area contributed by atoms with Crippen molar-refractivity contribution >= 4 is 5.69 Å². The molecule has 0 saturated heterocycles. The zero-order valence-corrected chi connectivity index (χ0v) is 10.4. The van der Waals surface area contributed by atoms with Crippen molar-refractivity contribution in [3.8, 4) is 5.75 Å². The second-order valence-corrected chi connectivity index (χ2v) is 4.38. The van der Waals surface area contributed by atoms with Crippen molar-refractivity contribution < 1.29 is 5.11 Å². The van der Waals surface area contributed by atoms with Gasteiger partial charge in [-0.3, -0.25) is 0 Å². The first-order valence-electron chi connectivity index (χ1n) is 6.29. The molecule has 1 aromatic carbocycles. The third-order valence-corrected chi connectivity index (χ3v) is 2.92. The summed E-state index contributed by atoms with van der Waals surface area (Å²) >= 11 is 0. The number of hydrogen-bond acceptors (Lipinski definition) is 2. The number of benzene rings is 1. The minimum absolute atomic E-state index is 0.375. The highest BCUT2D eigenvalue weighted by molar-refractivity contribution is 5.52. The Balaban J connectivity index is 2.91. The third kappa shape index (κ3) is 3.44. The summed E-state index contributed by atoms with van der Waals surface area (Å²) in [5.41, 5.74) is 8.77. The minimum Gasteiger partial charge on any atom is -0.508 e. The van der Waals surface area contributed by atoms with E-state index in [0.29, 0.717) is 11.4 Å². The Hall–Kier alpha value is -1.18. The molecule has 0 aromatic heterocycles. The molecule has 0 aliphatic carbocycles. The molecule has 0 saturated carbocycles. The van der Waals surface area contributed by atoms with E-state index in [1.165, 1.54) is 12.0 Å². The number of phenols is 1. The summed E-state index contributed by atoms with van der Waals surface area (Å²) in [5.74, 6) is 0.375. The second-order valence-electron chi connectivity index (χ2n) is 4.38. The second kappa shape index (κ2) is 6.41. The molecule has 0 bridgehead atoms. The average molecular weight is 221 g/mol. The van der Waals surface area contributed by atoms with Crippen LogP contribution in [0.25, 0.3) is 0 Å². The van der Waals surface area contributed by atoms with Crippen molar-refractivity contribution in [2.45, 2.75) is 52.4 Å². The van der Waals surface area contributed by atoms with Gasteiger partial charge in [-0.25, -0.2) is 0 Å². The van der Waals surface area contributed by atoms with Gasteiger partial charge in [0.05, 0.1) is 0 Å². The Kier molecular flexibility index (Phi) is 5.17. The van der Waals surface area contributed by atoms with Crippen molar-refractivity contribution in [2.24, 2.45) is 0 Å². The number of aryl methyl sites for hydroxylation is 1. The summed E-state index contributed by atoms with van der Waals surface area (Å²) in [4.78, 5) is 0. The van der Waals surface area contributed by atoms with Crippen molar-refractivity contribution in [2.75, 3.05) is 5.73 Å². The molecular formula is C14H23NO. The molecule has 3 N–H and O–H groups in total. The van der Waals surface area contributed by atoms with Crippen LogP contribution in [0.5, 0.6) is 5.75 Å². The Bertz CT molecular complexity index is 334. The molecule has 0 atom stereocenters. The highest BCUT2D eigenvalue weighted by Gasteiger charge is 2.08. The zero-order valence-electron chi connectivity index (χ0n) is 10.4. The smallest absolute Gasteiger partial charge is 0.121 e. The number of aromatic hydroxyl groups is 1. The van der Waals surface area contributed by atoms with Crippen LogP contribution in [0, 0.1) is 0 Å². The van der Waals surface area contributed by atoms with Gasteiger partial charge < -0.3 is 10.8 Å². The summed E-state index contributed by atoms with van der Waals surface area (Å²) in [7, 11) is 0. The Morgan fingerprint density at radius 2 is 1.69 bits per heavy atom. The number of anilines is 1. The molecule has 0 aliphatic heterocycles. The Labute approximate surface area is 98.5 Å². The van der Waals surface area contributed by atoms with Crippen LogP contribution >= 0.6 is 0 Å². The Morgan fingerprint density at radius 3 is 2.31 bits per heavy atom. The SMILES string of the molecule is CCCCc1cc(N)cc(O)c1CCCC. The molecule has 0 fully saturated rings. The van der Waals surface area contributed by atoms with Crippen LogP contribution in [0.15, 0.2) is 12.1 Å². The summed E-state index contributed by atoms with van der Waals surface area (Å²) in [6, 6.07) is 3.68. The van der Waals surface area contributed by atoms with Gasteiger partial charge in [0.25, 0.3) is 0 Å². The molecule has 90 valence electrons. The van der Waals surface area contributed by atoms with E-state index in [1.807, 2.05) is 6.07 Å². The molecule has 0 spiro atoms. The number of unbranched alkanes of at least 4 members (excludes halogenated alkanes) is 2. The van der Waals surface area contributed by atoms with Gasteiger partial charge in [0.1, 0.15) is 5.75 Å². The highest BCUT2D eigenvalue weighted by Crippen LogP contribution is 2.27. The number of nitrogen functional groups attached to an aromatic ring is 1. The first kappa shape index (κ1) is 12.9. The molecule has 0 amide bonds. The van der Waals surface area contributed by atoms with E-state index in [4.69, 9.17) is 5.73 Å². The largest absolute Gasteiger partial charge is 0.508 e. The van der Waals surface area contributed by atoms with Crippen LogP contribution in [0.4, 0.5) is 5.69 Å². The van der Waals surface area contributed by atoms with Gasteiger partial charge in [0, 0.05) is 11.8 Å². The number of nitrogens with two attached hydrogens (primary N) is 1. The zero-order chi connectivity index (χ0) is 12.0. The van der Waals surface area contributed by atoms with Crippen LogP contribution in [0.1, 0.15) is 50.7 Å². The van der Waals surface area contributed by atoms with Gasteiger partial charge in [0.2, 0.25) is 0 Å². The van der Waals surface area contributed by atoms with Crippen LogP contribution in [0.3, 0.4) is 0 Å². The van der Waals surface area contributed by atoms with E-state index < -0.39 is 0 Å². The maximum absolute atomic E-state index is 9.92. The van der Waals surface area contributed by atoms with Gasteiger partial charge in [-0.05, 0) is 42.9 Å². The molecule has 1 rings (SSSR count). The van der Waals surface area contributed by atoms with E-state index in [1.54, 1.807) is 6.07 Å². The van der Waals surface area contributed by atoms with Crippen molar-refractivity contribution in [3.05, 3.63) is 23.3 Å². The van der Waals surface area contributed by atoms with Gasteiger partial charge in [0.15, 0.2) is 0 Å². The van der Waals surface area contributed by atoms with E-state index in [2.05, 4.69) is 13.8 Å². The molecule has 0 radical (unpaired) electrons. The molecule has 2 nitrogen and oxygen atoms in total. The lowest BCUT2D eigenvalue weighted by atomic mass is 9.96. The molecule has 16 heavy (non-hydrogen) atoms. The summed E-state index contributed by atoms with van der Waals surface area (Å²) in [6.45, 7) is 4.35. The predicted molar refractivity (Wildman–Crippen MR) is 69.7 cm³/mol. The van der Waals surface area contributed by atoms with E-state index >= 15 is 0 Å². The topological polar surface area (TPSA) is 46.2 Å². The fourth-order valence-corrected chi connectivity index (χ4v) is 1.97. The van der Waals surface area contributed by atoms with E-state index in [0.717, 1.165) is 37.7 Å². The standard InChI is InChI=1S/C14H23NO/c1-3-5-7-11-9-12(15)10-14(16)13(11)8-6-4-2/h9-10,16H,3-8,15H2,1-2H3. The van der Waals surface area contributed by atoms with E-state index in [9.17, 15) is 5.11 Å². The average Bonchev–Trinajstić information content (AvgIpc) is 2.24. The van der Waals surface area contributed by atoms with Crippen molar-refractivity contribution in [1.82, 2.24) is 0 Å². The molecule has 0 unspecified atom stereocenters. The first-order chi connectivity index (χ1) is 7.69. The number of hydrogen-bond donors (Lipinski definition) is 2. The predicted octanol–water partition coefficient (Wildman–Crippen LogP) is 3.66. The fraction of sp³-hybridized carbons (Fsp3) is 0.571. The lowest BCUT2D eigenvalue weighted by Crippen LogP contribution is -1.98. The molecule has 1 aromatic rings. The van der Waals surface area contributed by atoms with Gasteiger partial charge in [-0.1, -0.05) is 26.7 Å². The van der Waals surface area contributed by atoms with Crippen LogP contribution in [0.2, 0.25) is 0 Å². The first-order valence-corrected chi connectivity index (χ1v) is 6.29. The maximum Gasteiger partial charge on any atom is 0.121 e. The summed E-state index contributed by atoms with van der Waals surface area (Å²) in [6.07, 6.45) is 6.58. The molecule has 0 heterocycles. The summed E-state index contributed by atoms with van der Waals surface area (Å²) < 4.78 is 0. The lowest BCUT2D eigenvalue weighted by Gasteiger charge is -2.12. The van der Waals surface area contributed by atoms with Crippen LogP contribution in [-0.4, -0.2) is 5.11 Å². The Morgan fingerprint density at radius 1 is 1.06 bits per heavy atom.